The fourth-order valence-electron chi connectivity index (χ4n) is 3.26. The molecular weight excluding hydrogens is 298 g/mol. The Labute approximate surface area is 124 Å². The van der Waals surface area contributed by atoms with Crippen LogP contribution in [0.15, 0.2) is 12.5 Å². The maximum atomic E-state index is 13.6. The molecule has 0 amide bonds. The second kappa shape index (κ2) is 5.66. The zero-order valence-corrected chi connectivity index (χ0v) is 13.3. The van der Waals surface area contributed by atoms with Gasteiger partial charge in [-0.1, -0.05) is 6.92 Å². The fourth-order valence-corrected chi connectivity index (χ4v) is 5.36. The van der Waals surface area contributed by atoms with Gasteiger partial charge in [-0.05, 0) is 25.2 Å². The van der Waals surface area contributed by atoms with E-state index >= 15 is 0 Å². The fraction of sp³-hybridized carbons (Fsp3) is 0.786. The van der Waals surface area contributed by atoms with Gasteiger partial charge in [-0.3, -0.25) is 0 Å². The molecule has 0 radical (unpaired) electrons. The van der Waals surface area contributed by atoms with Crippen LogP contribution in [-0.2, 0) is 22.1 Å². The minimum atomic E-state index is -3.44. The van der Waals surface area contributed by atoms with Crippen LogP contribution in [0.1, 0.15) is 45.2 Å². The summed E-state index contributed by atoms with van der Waals surface area (Å²) in [6, 6.07) is 0. The first kappa shape index (κ1) is 16.4. The lowest BCUT2D eigenvalue weighted by Crippen LogP contribution is -2.38. The van der Waals surface area contributed by atoms with Gasteiger partial charge in [-0.2, -0.15) is 0 Å². The monoisotopic (exact) mass is 320 g/mol. The summed E-state index contributed by atoms with van der Waals surface area (Å²) in [5, 5.41) is 0. The van der Waals surface area contributed by atoms with Crippen LogP contribution in [0.5, 0.6) is 0 Å². The second-order valence-electron chi connectivity index (χ2n) is 6.40. The van der Waals surface area contributed by atoms with Gasteiger partial charge < -0.3 is 4.57 Å². The highest BCUT2D eigenvalue weighted by molar-refractivity contribution is 7.90. The quantitative estimate of drug-likeness (QED) is 0.838. The highest BCUT2D eigenvalue weighted by Gasteiger charge is 2.45. The van der Waals surface area contributed by atoms with Crippen LogP contribution < -0.4 is 0 Å². The molecule has 0 saturated heterocycles. The van der Waals surface area contributed by atoms with Crippen molar-refractivity contribution in [3.05, 3.63) is 18.2 Å². The molecule has 1 heterocycles. The number of halogens is 2. The molecule has 1 aromatic rings. The number of aryl methyl sites for hydroxylation is 1. The summed E-state index contributed by atoms with van der Waals surface area (Å²) < 4.78 is 53.6. The Kier molecular flexibility index (Phi) is 4.42. The highest BCUT2D eigenvalue weighted by Crippen LogP contribution is 2.45. The number of hydrogen-bond donors (Lipinski definition) is 0. The number of alkyl halides is 2. The van der Waals surface area contributed by atoms with Crippen molar-refractivity contribution in [3.8, 4) is 0 Å². The smallest absolute Gasteiger partial charge is 0.248 e. The van der Waals surface area contributed by atoms with E-state index in [-0.39, 0.29) is 24.3 Å². The molecule has 2 rings (SSSR count). The SMILES string of the molecule is CCn1cncc1CS(=O)(=O)CC1(C)CCCC(F)(F)C1. The first-order valence-electron chi connectivity index (χ1n) is 7.22. The first-order valence-corrected chi connectivity index (χ1v) is 9.04. The molecule has 0 aromatic carbocycles. The van der Waals surface area contributed by atoms with Crippen LogP contribution in [-0.4, -0.2) is 29.6 Å². The van der Waals surface area contributed by atoms with Crippen molar-refractivity contribution in [1.29, 1.82) is 0 Å². The minimum Gasteiger partial charge on any atom is -0.334 e. The Hall–Kier alpha value is -0.980. The number of sulfone groups is 1. The first-order chi connectivity index (χ1) is 9.65. The molecule has 1 aliphatic carbocycles. The molecule has 1 aliphatic rings. The Bertz CT molecular complexity index is 598. The van der Waals surface area contributed by atoms with E-state index in [1.165, 1.54) is 6.20 Å². The van der Waals surface area contributed by atoms with Crippen molar-refractivity contribution in [2.45, 2.75) is 57.8 Å². The Morgan fingerprint density at radius 3 is 2.71 bits per heavy atom. The third kappa shape index (κ3) is 4.25. The van der Waals surface area contributed by atoms with E-state index < -0.39 is 21.2 Å². The zero-order valence-electron chi connectivity index (χ0n) is 12.5. The molecule has 1 aromatic heterocycles. The topological polar surface area (TPSA) is 52.0 Å². The lowest BCUT2D eigenvalue weighted by molar-refractivity contribution is -0.0718. The van der Waals surface area contributed by atoms with E-state index in [1.54, 1.807) is 17.8 Å². The zero-order chi connectivity index (χ0) is 15.7. The van der Waals surface area contributed by atoms with Crippen molar-refractivity contribution >= 4 is 9.84 Å². The van der Waals surface area contributed by atoms with Crippen LogP contribution in [0.25, 0.3) is 0 Å². The molecule has 7 heteroatoms. The minimum absolute atomic E-state index is 0.134. The molecule has 0 aliphatic heterocycles. The largest absolute Gasteiger partial charge is 0.334 e. The van der Waals surface area contributed by atoms with E-state index in [2.05, 4.69) is 4.98 Å². The van der Waals surface area contributed by atoms with E-state index in [4.69, 9.17) is 0 Å². The summed E-state index contributed by atoms with van der Waals surface area (Å²) in [5.41, 5.74) is -0.221. The summed E-state index contributed by atoms with van der Waals surface area (Å²) in [7, 11) is -3.44. The van der Waals surface area contributed by atoms with E-state index in [0.717, 1.165) is 0 Å². The summed E-state index contributed by atoms with van der Waals surface area (Å²) in [6.07, 6.45) is 3.55. The predicted octanol–water partition coefficient (Wildman–Crippen LogP) is 3.03. The van der Waals surface area contributed by atoms with Crippen LogP contribution in [0, 0.1) is 5.41 Å². The average molecular weight is 320 g/mol. The third-order valence-electron chi connectivity index (χ3n) is 4.08. The maximum absolute atomic E-state index is 13.6. The number of aromatic nitrogens is 2. The van der Waals surface area contributed by atoms with E-state index in [0.29, 0.717) is 25.1 Å². The van der Waals surface area contributed by atoms with Crippen LogP contribution >= 0.6 is 0 Å². The highest BCUT2D eigenvalue weighted by atomic mass is 32.2. The normalized spacial score (nSPS) is 25.9. The number of rotatable bonds is 5. The summed E-state index contributed by atoms with van der Waals surface area (Å²) in [6.45, 7) is 4.20. The van der Waals surface area contributed by atoms with Gasteiger partial charge in [0.2, 0.25) is 5.92 Å². The molecule has 21 heavy (non-hydrogen) atoms. The molecule has 1 saturated carbocycles. The molecule has 1 atom stereocenters. The molecular formula is C14H22F2N2O2S. The Balaban J connectivity index is 2.10. The number of hydrogen-bond acceptors (Lipinski definition) is 3. The number of imidazole rings is 1. The number of nitrogens with zero attached hydrogens (tertiary/aromatic N) is 2. The van der Waals surface area contributed by atoms with Crippen molar-refractivity contribution in [2.75, 3.05) is 5.75 Å². The van der Waals surface area contributed by atoms with Crippen LogP contribution in [0.3, 0.4) is 0 Å². The second-order valence-corrected chi connectivity index (χ2v) is 8.46. The standard InChI is InChI=1S/C14H22F2N2O2S/c1-3-18-11-17-7-12(18)8-21(19,20)10-13(2)5-4-6-14(15,16)9-13/h7,11H,3-6,8-10H2,1-2H3. The summed E-state index contributed by atoms with van der Waals surface area (Å²) in [4.78, 5) is 3.94. The van der Waals surface area contributed by atoms with Gasteiger partial charge in [0.15, 0.2) is 9.84 Å². The van der Waals surface area contributed by atoms with Crippen molar-refractivity contribution in [3.63, 3.8) is 0 Å². The van der Waals surface area contributed by atoms with Gasteiger partial charge in [-0.25, -0.2) is 22.2 Å². The van der Waals surface area contributed by atoms with Gasteiger partial charge in [0.25, 0.3) is 0 Å². The third-order valence-corrected chi connectivity index (χ3v) is 5.96. The van der Waals surface area contributed by atoms with Gasteiger partial charge in [-0.15, -0.1) is 0 Å². The van der Waals surface area contributed by atoms with Crippen molar-refractivity contribution in [1.82, 2.24) is 9.55 Å². The van der Waals surface area contributed by atoms with Crippen LogP contribution in [0.2, 0.25) is 0 Å². The van der Waals surface area contributed by atoms with Crippen molar-refractivity contribution < 1.29 is 17.2 Å². The molecule has 0 bridgehead atoms. The van der Waals surface area contributed by atoms with E-state index in [1.807, 2.05) is 6.92 Å². The molecule has 1 unspecified atom stereocenters. The average Bonchev–Trinajstić information content (AvgIpc) is 2.71. The molecule has 4 nitrogen and oxygen atoms in total. The lowest BCUT2D eigenvalue weighted by atomic mass is 9.75. The predicted molar refractivity (Wildman–Crippen MR) is 76.9 cm³/mol. The summed E-state index contributed by atoms with van der Waals surface area (Å²) >= 11 is 0. The molecule has 120 valence electrons. The molecule has 1 fully saturated rings. The van der Waals surface area contributed by atoms with Crippen molar-refractivity contribution in [2.24, 2.45) is 5.41 Å². The van der Waals surface area contributed by atoms with E-state index in [9.17, 15) is 17.2 Å². The van der Waals surface area contributed by atoms with Crippen LogP contribution in [0.4, 0.5) is 8.78 Å². The molecule has 0 N–H and O–H groups in total. The molecule has 0 spiro atoms. The maximum Gasteiger partial charge on any atom is 0.248 e. The van der Waals surface area contributed by atoms with Gasteiger partial charge >= 0.3 is 0 Å². The Morgan fingerprint density at radius 2 is 2.10 bits per heavy atom. The lowest BCUT2D eigenvalue weighted by Gasteiger charge is -2.37. The summed E-state index contributed by atoms with van der Waals surface area (Å²) in [5.74, 6) is -3.07. The van der Waals surface area contributed by atoms with Gasteiger partial charge in [0, 0.05) is 25.6 Å². The van der Waals surface area contributed by atoms with Gasteiger partial charge in [0.1, 0.15) is 0 Å². The Morgan fingerprint density at radius 1 is 1.38 bits per heavy atom. The van der Waals surface area contributed by atoms with Gasteiger partial charge in [0.05, 0.1) is 23.5 Å².